The Kier molecular flexibility index (Phi) is 6.36. The fourth-order valence-electron chi connectivity index (χ4n) is 2.32. The van der Waals surface area contributed by atoms with Crippen molar-refractivity contribution in [1.29, 1.82) is 0 Å². The Morgan fingerprint density at radius 3 is 2.44 bits per heavy atom. The molecule has 1 heterocycles. The Morgan fingerprint density at radius 1 is 1.33 bits per heavy atom. The highest BCUT2D eigenvalue weighted by Crippen LogP contribution is 2.23. The first-order valence-electron chi connectivity index (χ1n) is 6.94. The quantitative estimate of drug-likeness (QED) is 0.836. The molecule has 1 N–H and O–H groups in total. The zero-order valence-corrected chi connectivity index (χ0v) is 13.8. The van der Waals surface area contributed by atoms with E-state index in [2.05, 4.69) is 54.0 Å². The molecular formula is C14H26BrN3. The van der Waals surface area contributed by atoms with Crippen molar-refractivity contribution >= 4 is 15.9 Å². The number of hydrogen-bond donors (Lipinski definition) is 1. The lowest BCUT2D eigenvalue weighted by Crippen LogP contribution is -2.34. The maximum Gasteiger partial charge on any atom is 0.0766 e. The van der Waals surface area contributed by atoms with Crippen molar-refractivity contribution in [2.45, 2.75) is 53.0 Å². The van der Waals surface area contributed by atoms with Crippen LogP contribution in [0.15, 0.2) is 4.47 Å². The summed E-state index contributed by atoms with van der Waals surface area (Å²) in [6.45, 7) is 9.92. The topological polar surface area (TPSA) is 29.9 Å². The molecule has 18 heavy (non-hydrogen) atoms. The lowest BCUT2D eigenvalue weighted by atomic mass is 9.98. The molecule has 1 unspecified atom stereocenters. The van der Waals surface area contributed by atoms with Crippen LogP contribution in [0.25, 0.3) is 0 Å². The number of nitrogens with one attached hydrogen (secondary N) is 1. The van der Waals surface area contributed by atoms with E-state index in [-0.39, 0.29) is 0 Å². The van der Waals surface area contributed by atoms with Gasteiger partial charge in [-0.2, -0.15) is 5.10 Å². The lowest BCUT2D eigenvalue weighted by molar-refractivity contribution is 0.382. The molecule has 0 saturated carbocycles. The zero-order chi connectivity index (χ0) is 13.7. The second-order valence-corrected chi connectivity index (χ2v) is 5.92. The zero-order valence-electron chi connectivity index (χ0n) is 12.3. The average Bonchev–Trinajstić information content (AvgIpc) is 2.60. The Morgan fingerprint density at radius 2 is 2.00 bits per heavy atom. The highest BCUT2D eigenvalue weighted by Gasteiger charge is 2.16. The van der Waals surface area contributed by atoms with Crippen LogP contribution in [0, 0.1) is 5.92 Å². The number of nitrogens with zero attached hydrogens (tertiary/aromatic N) is 2. The van der Waals surface area contributed by atoms with Gasteiger partial charge in [-0.1, -0.05) is 27.7 Å². The van der Waals surface area contributed by atoms with E-state index in [0.717, 1.165) is 31.5 Å². The molecule has 1 aromatic heterocycles. The predicted molar refractivity (Wildman–Crippen MR) is 80.9 cm³/mol. The van der Waals surface area contributed by atoms with Gasteiger partial charge in [0.05, 0.1) is 15.9 Å². The van der Waals surface area contributed by atoms with Gasteiger partial charge < -0.3 is 5.32 Å². The molecule has 1 rings (SSSR count). The summed E-state index contributed by atoms with van der Waals surface area (Å²) in [6.07, 6.45) is 3.21. The molecule has 0 aliphatic heterocycles. The van der Waals surface area contributed by atoms with Crippen LogP contribution in [0.3, 0.4) is 0 Å². The minimum absolute atomic E-state index is 0.585. The largest absolute Gasteiger partial charge is 0.314 e. The Bertz CT molecular complexity index is 371. The van der Waals surface area contributed by atoms with Gasteiger partial charge >= 0.3 is 0 Å². The van der Waals surface area contributed by atoms with Crippen molar-refractivity contribution in [2.24, 2.45) is 13.0 Å². The first-order chi connectivity index (χ1) is 8.51. The Balaban J connectivity index is 2.70. The Hall–Kier alpha value is -0.350. The fourth-order valence-corrected chi connectivity index (χ4v) is 3.13. The SMILES string of the molecule is CCNC(CCc1c(Br)c(CC)nn1C)C(C)C. The van der Waals surface area contributed by atoms with Crippen molar-refractivity contribution in [3.63, 3.8) is 0 Å². The molecule has 4 heteroatoms. The minimum atomic E-state index is 0.585. The van der Waals surface area contributed by atoms with Gasteiger partial charge in [0.2, 0.25) is 0 Å². The molecule has 1 aromatic rings. The highest BCUT2D eigenvalue weighted by molar-refractivity contribution is 9.10. The average molecular weight is 316 g/mol. The van der Waals surface area contributed by atoms with Gasteiger partial charge in [0, 0.05) is 13.1 Å². The second-order valence-electron chi connectivity index (χ2n) is 5.13. The summed E-state index contributed by atoms with van der Waals surface area (Å²) < 4.78 is 3.22. The van der Waals surface area contributed by atoms with Crippen molar-refractivity contribution in [1.82, 2.24) is 15.1 Å². The van der Waals surface area contributed by atoms with E-state index in [1.165, 1.54) is 10.2 Å². The van der Waals surface area contributed by atoms with Crippen molar-refractivity contribution in [3.05, 3.63) is 15.9 Å². The second kappa shape index (κ2) is 7.29. The molecule has 104 valence electrons. The van der Waals surface area contributed by atoms with E-state index in [9.17, 15) is 0 Å². The third-order valence-electron chi connectivity index (χ3n) is 3.47. The van der Waals surface area contributed by atoms with Crippen LogP contribution in [-0.2, 0) is 19.9 Å². The van der Waals surface area contributed by atoms with Crippen LogP contribution in [0.2, 0.25) is 0 Å². The summed E-state index contributed by atoms with van der Waals surface area (Å²) >= 11 is 3.68. The molecule has 0 aliphatic carbocycles. The molecule has 1 atom stereocenters. The van der Waals surface area contributed by atoms with Gasteiger partial charge in [-0.05, 0) is 47.7 Å². The number of halogens is 1. The molecule has 0 saturated heterocycles. The first kappa shape index (κ1) is 15.7. The summed E-state index contributed by atoms with van der Waals surface area (Å²) in [5.74, 6) is 0.669. The van der Waals surface area contributed by atoms with Gasteiger partial charge in [-0.15, -0.1) is 0 Å². The summed E-state index contributed by atoms with van der Waals surface area (Å²) in [4.78, 5) is 0. The van der Waals surface area contributed by atoms with Crippen LogP contribution < -0.4 is 5.32 Å². The van der Waals surface area contributed by atoms with Crippen molar-refractivity contribution in [3.8, 4) is 0 Å². The summed E-state index contributed by atoms with van der Waals surface area (Å²) in [5, 5.41) is 8.11. The number of hydrogen-bond acceptors (Lipinski definition) is 2. The van der Waals surface area contributed by atoms with Gasteiger partial charge in [0.25, 0.3) is 0 Å². The van der Waals surface area contributed by atoms with Crippen LogP contribution in [0.4, 0.5) is 0 Å². The Labute approximate surface area is 119 Å². The van der Waals surface area contributed by atoms with Crippen molar-refractivity contribution < 1.29 is 0 Å². The van der Waals surface area contributed by atoms with Crippen molar-refractivity contribution in [2.75, 3.05) is 6.54 Å². The maximum atomic E-state index is 4.55. The monoisotopic (exact) mass is 315 g/mol. The first-order valence-corrected chi connectivity index (χ1v) is 7.74. The number of aromatic nitrogens is 2. The number of aryl methyl sites for hydroxylation is 2. The molecular weight excluding hydrogens is 290 g/mol. The van der Waals surface area contributed by atoms with E-state index >= 15 is 0 Å². The third-order valence-corrected chi connectivity index (χ3v) is 4.38. The van der Waals surface area contributed by atoms with Crippen LogP contribution in [0.5, 0.6) is 0 Å². The van der Waals surface area contributed by atoms with E-state index in [1.807, 2.05) is 11.7 Å². The van der Waals surface area contributed by atoms with Crippen LogP contribution in [0.1, 0.15) is 45.5 Å². The van der Waals surface area contributed by atoms with E-state index in [4.69, 9.17) is 0 Å². The van der Waals surface area contributed by atoms with E-state index in [1.54, 1.807) is 0 Å². The molecule has 0 bridgehead atoms. The molecule has 3 nitrogen and oxygen atoms in total. The van der Waals surface area contributed by atoms with Gasteiger partial charge in [0.1, 0.15) is 0 Å². The van der Waals surface area contributed by atoms with E-state index < -0.39 is 0 Å². The molecule has 0 aromatic carbocycles. The lowest BCUT2D eigenvalue weighted by Gasteiger charge is -2.21. The summed E-state index contributed by atoms with van der Waals surface area (Å²) in [6, 6.07) is 0.585. The van der Waals surface area contributed by atoms with Crippen LogP contribution >= 0.6 is 15.9 Å². The molecule has 0 amide bonds. The number of rotatable bonds is 7. The highest BCUT2D eigenvalue weighted by atomic mass is 79.9. The van der Waals surface area contributed by atoms with Gasteiger partial charge in [-0.25, -0.2) is 0 Å². The third kappa shape index (κ3) is 3.82. The smallest absolute Gasteiger partial charge is 0.0766 e. The van der Waals surface area contributed by atoms with Gasteiger partial charge in [-0.3, -0.25) is 4.68 Å². The standard InChI is InChI=1S/C14H26BrN3/c1-6-11-14(15)13(18(5)17-11)9-8-12(10(3)4)16-7-2/h10,12,16H,6-9H2,1-5H3. The summed E-state index contributed by atoms with van der Waals surface area (Å²) in [5.41, 5.74) is 2.48. The molecule has 0 spiro atoms. The maximum absolute atomic E-state index is 4.55. The molecule has 0 aliphatic rings. The minimum Gasteiger partial charge on any atom is -0.314 e. The van der Waals surface area contributed by atoms with Crippen LogP contribution in [-0.4, -0.2) is 22.4 Å². The van der Waals surface area contributed by atoms with E-state index in [0.29, 0.717) is 12.0 Å². The fraction of sp³-hybridized carbons (Fsp3) is 0.786. The summed E-state index contributed by atoms with van der Waals surface area (Å²) in [7, 11) is 2.04. The molecule has 0 fully saturated rings. The molecule has 0 radical (unpaired) electrons. The van der Waals surface area contributed by atoms with Gasteiger partial charge in [0.15, 0.2) is 0 Å². The predicted octanol–water partition coefficient (Wildman–Crippen LogP) is 3.31. The normalized spacial score (nSPS) is 13.3.